The third-order valence-corrected chi connectivity index (χ3v) is 7.65. The topological polar surface area (TPSA) is 131 Å². The summed E-state index contributed by atoms with van der Waals surface area (Å²) in [7, 11) is -3.63. The number of pyridine rings is 1. The third-order valence-electron chi connectivity index (χ3n) is 4.46. The number of anilines is 1. The van der Waals surface area contributed by atoms with Gasteiger partial charge in [-0.3, -0.25) is 4.98 Å². The molecule has 12 heteroatoms. The largest absolute Gasteiger partial charge is 0.383 e. The average molecular weight is 446 g/mol. The van der Waals surface area contributed by atoms with E-state index in [4.69, 9.17) is 5.14 Å². The molecule has 4 N–H and O–H groups in total. The van der Waals surface area contributed by atoms with Crippen LogP contribution in [0.4, 0.5) is 19.3 Å². The Morgan fingerprint density at radius 2 is 2.14 bits per heavy atom. The second-order valence-corrected chi connectivity index (χ2v) is 10.3. The van der Waals surface area contributed by atoms with E-state index in [0.29, 0.717) is 24.1 Å². The number of hydrogen-bond acceptors (Lipinski definition) is 6. The van der Waals surface area contributed by atoms with Crippen LogP contribution < -0.4 is 10.5 Å². The lowest BCUT2D eigenvalue weighted by molar-refractivity contribution is 0.0783. The number of nitrogens with zero attached hydrogens (tertiary/aromatic N) is 3. The van der Waals surface area contributed by atoms with Gasteiger partial charge in [-0.25, -0.2) is 27.9 Å². The number of nitrogens with two attached hydrogens (primary N) is 1. The number of rotatable bonds is 4. The van der Waals surface area contributed by atoms with Gasteiger partial charge in [0.2, 0.25) is 0 Å². The zero-order valence-corrected chi connectivity index (χ0v) is 17.7. The first-order valence-corrected chi connectivity index (χ1v) is 11.1. The fraction of sp³-hybridized carbons (Fsp3) is 0.471. The van der Waals surface area contributed by atoms with Crippen LogP contribution in [0, 0.1) is 6.92 Å². The van der Waals surface area contributed by atoms with Crippen molar-refractivity contribution in [2.24, 2.45) is 9.50 Å². The van der Waals surface area contributed by atoms with Crippen LogP contribution in [0.2, 0.25) is 0 Å². The van der Waals surface area contributed by atoms with Gasteiger partial charge in [0.05, 0.1) is 11.9 Å². The molecule has 2 aromatic heterocycles. The van der Waals surface area contributed by atoms with Crippen molar-refractivity contribution in [3.63, 3.8) is 0 Å². The number of hydrogen-bond donors (Lipinski definition) is 3. The zero-order chi connectivity index (χ0) is 21.6. The molecule has 158 valence electrons. The second-order valence-electron chi connectivity index (χ2n) is 7.21. The fourth-order valence-corrected chi connectivity index (χ4v) is 5.12. The highest BCUT2D eigenvalue weighted by Crippen LogP contribution is 2.35. The van der Waals surface area contributed by atoms with E-state index in [1.807, 2.05) is 0 Å². The quantitative estimate of drug-likeness (QED) is 0.664. The molecule has 1 unspecified atom stereocenters. The normalized spacial score (nSPS) is 15.9. The van der Waals surface area contributed by atoms with Crippen molar-refractivity contribution in [1.82, 2.24) is 9.97 Å². The van der Waals surface area contributed by atoms with Crippen molar-refractivity contribution in [2.45, 2.75) is 56.3 Å². The number of amides is 2. The highest BCUT2D eigenvalue weighted by Gasteiger charge is 2.27. The molecule has 2 heterocycles. The van der Waals surface area contributed by atoms with Gasteiger partial charge in [-0.2, -0.15) is 0 Å². The first-order valence-electron chi connectivity index (χ1n) is 8.75. The summed E-state index contributed by atoms with van der Waals surface area (Å²) in [5, 5.41) is 18.4. The van der Waals surface area contributed by atoms with Crippen LogP contribution in [0.1, 0.15) is 54.2 Å². The van der Waals surface area contributed by atoms with Crippen molar-refractivity contribution >= 4 is 33.0 Å². The molecule has 2 aromatic rings. The van der Waals surface area contributed by atoms with Crippen molar-refractivity contribution in [3.05, 3.63) is 33.7 Å². The molecular weight excluding hydrogens is 424 g/mol. The summed E-state index contributed by atoms with van der Waals surface area (Å²) in [5.41, 5.74) is -0.0936. The Labute approximate surface area is 170 Å². The van der Waals surface area contributed by atoms with Crippen LogP contribution in [0.5, 0.6) is 0 Å². The van der Waals surface area contributed by atoms with Crippen molar-refractivity contribution < 1.29 is 22.9 Å². The zero-order valence-electron chi connectivity index (χ0n) is 16.0. The summed E-state index contributed by atoms with van der Waals surface area (Å²) in [6.45, 7) is 4.46. The summed E-state index contributed by atoms with van der Waals surface area (Å²) >= 11 is 0.880. The summed E-state index contributed by atoms with van der Waals surface area (Å²) in [5.74, 6) is 0. The predicted octanol–water partition coefficient (Wildman–Crippen LogP) is 3.43. The molecule has 0 spiro atoms. The lowest BCUT2D eigenvalue weighted by Gasteiger charge is -2.15. The minimum absolute atomic E-state index is 0.0229. The minimum atomic E-state index is -3.63. The first kappa shape index (κ1) is 21.7. The van der Waals surface area contributed by atoms with Crippen molar-refractivity contribution in [2.75, 3.05) is 5.32 Å². The standard InChI is InChI=1S/C17H21F2N5O3S2/c1-8-12(9-5-4-6-10(9)22-13(8)14(18)19)23-16(25)24-29(20,27)11-7-21-15(28-11)17(2,3)26/h7,14,26H,4-6H2,1-3H3,(H3,20,22,23,24,25,27). The maximum atomic E-state index is 13.3. The summed E-state index contributed by atoms with van der Waals surface area (Å²) in [6.07, 6.45) is 0.280. The van der Waals surface area contributed by atoms with E-state index < -0.39 is 33.7 Å². The second kappa shape index (κ2) is 7.67. The highest BCUT2D eigenvalue weighted by atomic mass is 32.2. The molecule has 0 aromatic carbocycles. The number of aromatic nitrogens is 2. The number of thiazole rings is 1. The molecule has 1 aliphatic rings. The van der Waals surface area contributed by atoms with Gasteiger partial charge in [0.15, 0.2) is 9.92 Å². The van der Waals surface area contributed by atoms with E-state index in [9.17, 15) is 22.9 Å². The first-order chi connectivity index (χ1) is 13.4. The summed E-state index contributed by atoms with van der Waals surface area (Å²) < 4.78 is 42.9. The number of alkyl halides is 2. The number of carbonyl (C=O) groups excluding carboxylic acids is 1. The molecule has 2 amide bonds. The SMILES string of the molecule is Cc1c(C(F)F)nc2c(c1NC(=O)N=S(N)(=O)c1cnc(C(C)(C)O)s1)CCC2. The molecule has 0 aliphatic heterocycles. The Hall–Kier alpha value is -2.02. The number of carbonyl (C=O) groups is 1. The fourth-order valence-electron chi connectivity index (χ4n) is 3.06. The molecule has 0 saturated heterocycles. The van der Waals surface area contributed by atoms with Gasteiger partial charge in [0.25, 0.3) is 6.43 Å². The number of nitrogens with one attached hydrogen (secondary N) is 1. The van der Waals surface area contributed by atoms with Crippen LogP contribution in [-0.2, 0) is 28.4 Å². The lowest BCUT2D eigenvalue weighted by Crippen LogP contribution is -2.18. The number of aryl methyl sites for hydroxylation is 1. The molecule has 29 heavy (non-hydrogen) atoms. The van der Waals surface area contributed by atoms with Crippen LogP contribution >= 0.6 is 11.3 Å². The smallest absolute Gasteiger partial charge is 0.354 e. The van der Waals surface area contributed by atoms with Gasteiger partial charge in [-0.1, -0.05) is 0 Å². The summed E-state index contributed by atoms with van der Waals surface area (Å²) in [6, 6.07) is -1.01. The third kappa shape index (κ3) is 4.44. The molecule has 0 saturated carbocycles. The number of urea groups is 1. The molecule has 1 atom stereocenters. The van der Waals surface area contributed by atoms with Crippen molar-refractivity contribution in [3.8, 4) is 0 Å². The van der Waals surface area contributed by atoms with Gasteiger partial charge >= 0.3 is 6.03 Å². The molecule has 3 rings (SSSR count). The maximum absolute atomic E-state index is 13.3. The van der Waals surface area contributed by atoms with Crippen LogP contribution in [0.3, 0.4) is 0 Å². The number of aliphatic hydroxyl groups is 1. The van der Waals surface area contributed by atoms with Gasteiger partial charge in [-0.05, 0) is 45.6 Å². The maximum Gasteiger partial charge on any atom is 0.354 e. The van der Waals surface area contributed by atoms with E-state index in [-0.39, 0.29) is 20.5 Å². The van der Waals surface area contributed by atoms with Crippen molar-refractivity contribution in [1.29, 1.82) is 0 Å². The molecule has 8 nitrogen and oxygen atoms in total. The van der Waals surface area contributed by atoms with E-state index in [0.717, 1.165) is 17.8 Å². The van der Waals surface area contributed by atoms with Crippen LogP contribution in [0.15, 0.2) is 14.8 Å². The van der Waals surface area contributed by atoms with Crippen LogP contribution in [0.25, 0.3) is 0 Å². The minimum Gasteiger partial charge on any atom is -0.383 e. The Morgan fingerprint density at radius 1 is 1.45 bits per heavy atom. The Morgan fingerprint density at radius 3 is 2.72 bits per heavy atom. The van der Waals surface area contributed by atoms with E-state index in [1.165, 1.54) is 27.0 Å². The predicted molar refractivity (Wildman–Crippen MR) is 105 cm³/mol. The lowest BCUT2D eigenvalue weighted by atomic mass is 10.1. The molecule has 1 aliphatic carbocycles. The molecule has 0 bridgehead atoms. The van der Waals surface area contributed by atoms with Gasteiger partial charge < -0.3 is 10.4 Å². The number of halogens is 2. The Bertz CT molecular complexity index is 1090. The van der Waals surface area contributed by atoms with E-state index >= 15 is 0 Å². The van der Waals surface area contributed by atoms with Gasteiger partial charge in [-0.15, -0.1) is 15.7 Å². The monoisotopic (exact) mass is 445 g/mol. The molecular formula is C17H21F2N5O3S2. The van der Waals surface area contributed by atoms with Gasteiger partial charge in [0.1, 0.15) is 20.5 Å². The Kier molecular flexibility index (Phi) is 5.73. The molecule has 0 radical (unpaired) electrons. The summed E-state index contributed by atoms with van der Waals surface area (Å²) in [4.78, 5) is 20.4. The number of fused-ring (bicyclic) bond motifs is 1. The van der Waals surface area contributed by atoms with Crippen LogP contribution in [-0.4, -0.2) is 25.3 Å². The average Bonchev–Trinajstić information content (AvgIpc) is 3.25. The van der Waals surface area contributed by atoms with Gasteiger partial charge in [0, 0.05) is 11.3 Å². The van der Waals surface area contributed by atoms with E-state index in [1.54, 1.807) is 0 Å². The van der Waals surface area contributed by atoms with E-state index in [2.05, 4.69) is 19.6 Å². The molecule has 0 fully saturated rings. The highest BCUT2D eigenvalue weighted by molar-refractivity contribution is 7.93. The Balaban J connectivity index is 1.95.